The van der Waals surface area contributed by atoms with Crippen molar-refractivity contribution >= 4 is 15.7 Å². The third-order valence-electron chi connectivity index (χ3n) is 3.79. The Hall–Kier alpha value is -0.620. The van der Waals surface area contributed by atoms with E-state index < -0.39 is 9.84 Å². The molecule has 2 aliphatic rings. The molecule has 6 heteroatoms. The van der Waals surface area contributed by atoms with Crippen molar-refractivity contribution in [2.45, 2.75) is 44.7 Å². The molecule has 2 rings (SSSR count). The zero-order valence-corrected chi connectivity index (χ0v) is 11.6. The molecule has 0 aromatic rings. The Kier molecular flexibility index (Phi) is 4.27. The third kappa shape index (κ3) is 3.68. The molecule has 2 aliphatic heterocycles. The summed E-state index contributed by atoms with van der Waals surface area (Å²) in [6.45, 7) is 3.01. The minimum atomic E-state index is -2.95. The molecule has 0 bridgehead atoms. The summed E-state index contributed by atoms with van der Waals surface area (Å²) < 4.78 is 23.0. The lowest BCUT2D eigenvalue weighted by Gasteiger charge is -2.30. The molecular weight excluding hydrogens is 252 g/mol. The van der Waals surface area contributed by atoms with E-state index in [4.69, 9.17) is 0 Å². The summed E-state index contributed by atoms with van der Waals surface area (Å²) >= 11 is 0. The molecule has 5 nitrogen and oxygen atoms in total. The number of hydrogen-bond acceptors (Lipinski definition) is 4. The molecule has 18 heavy (non-hydrogen) atoms. The molecule has 2 saturated heterocycles. The molecule has 3 unspecified atom stereocenters. The van der Waals surface area contributed by atoms with E-state index in [2.05, 4.69) is 17.6 Å². The van der Waals surface area contributed by atoms with E-state index >= 15 is 0 Å². The topological polar surface area (TPSA) is 75.3 Å². The first-order valence-electron chi connectivity index (χ1n) is 6.70. The fraction of sp³-hybridized carbons (Fsp3) is 0.917. The lowest BCUT2D eigenvalue weighted by atomic mass is 9.93. The average molecular weight is 274 g/mol. The van der Waals surface area contributed by atoms with E-state index in [0.717, 1.165) is 25.8 Å². The molecule has 0 saturated carbocycles. The van der Waals surface area contributed by atoms with Crippen molar-refractivity contribution in [3.63, 3.8) is 0 Å². The molecule has 3 atom stereocenters. The molecule has 0 aromatic carbocycles. The predicted octanol–water partition coefficient (Wildman–Crippen LogP) is 0.0679. The van der Waals surface area contributed by atoms with E-state index in [-0.39, 0.29) is 29.5 Å². The van der Waals surface area contributed by atoms with Crippen molar-refractivity contribution in [3.8, 4) is 0 Å². The molecule has 2 N–H and O–H groups in total. The van der Waals surface area contributed by atoms with Crippen LogP contribution in [0.15, 0.2) is 0 Å². The van der Waals surface area contributed by atoms with Crippen LogP contribution in [0, 0.1) is 5.92 Å². The predicted molar refractivity (Wildman–Crippen MR) is 70.0 cm³/mol. The number of hydrogen-bond donors (Lipinski definition) is 2. The standard InChI is InChI=1S/C12H22N2O3S/c1-9-4-5-13-11(7-9)12(15)14-10-3-2-6-18(16,17)8-10/h9-11,13H,2-8H2,1H3,(H,14,15). The summed E-state index contributed by atoms with van der Waals surface area (Å²) in [5.74, 6) is 0.875. The van der Waals surface area contributed by atoms with Crippen molar-refractivity contribution in [1.82, 2.24) is 10.6 Å². The highest BCUT2D eigenvalue weighted by molar-refractivity contribution is 7.91. The SMILES string of the molecule is CC1CCNC(C(=O)NC2CCCS(=O)(=O)C2)C1. The Morgan fingerprint density at radius 3 is 2.78 bits per heavy atom. The lowest BCUT2D eigenvalue weighted by molar-refractivity contribution is -0.124. The third-order valence-corrected chi connectivity index (χ3v) is 5.61. The molecule has 104 valence electrons. The highest BCUT2D eigenvalue weighted by Crippen LogP contribution is 2.16. The first-order valence-corrected chi connectivity index (χ1v) is 8.52. The number of carbonyl (C=O) groups excluding carboxylic acids is 1. The molecule has 0 aliphatic carbocycles. The average Bonchev–Trinajstić information content (AvgIpc) is 2.27. The Bertz CT molecular complexity index is 408. The van der Waals surface area contributed by atoms with Crippen LogP contribution in [0.5, 0.6) is 0 Å². The molecule has 0 spiro atoms. The van der Waals surface area contributed by atoms with Gasteiger partial charge in [0.1, 0.15) is 0 Å². The number of amides is 1. The lowest BCUT2D eigenvalue weighted by Crippen LogP contribution is -2.53. The number of piperidine rings is 1. The van der Waals surface area contributed by atoms with E-state index in [1.54, 1.807) is 0 Å². The maximum absolute atomic E-state index is 12.1. The fourth-order valence-electron chi connectivity index (χ4n) is 2.75. The van der Waals surface area contributed by atoms with Gasteiger partial charge in [-0.1, -0.05) is 6.92 Å². The van der Waals surface area contributed by atoms with Gasteiger partial charge in [-0.05, 0) is 38.1 Å². The van der Waals surface area contributed by atoms with Gasteiger partial charge in [0.2, 0.25) is 5.91 Å². The van der Waals surface area contributed by atoms with Crippen LogP contribution in [-0.2, 0) is 14.6 Å². The van der Waals surface area contributed by atoms with Crippen LogP contribution in [0.1, 0.15) is 32.6 Å². The molecule has 0 aromatic heterocycles. The van der Waals surface area contributed by atoms with Crippen molar-refractivity contribution in [2.24, 2.45) is 5.92 Å². The highest BCUT2D eigenvalue weighted by atomic mass is 32.2. The van der Waals surface area contributed by atoms with Crippen LogP contribution in [0.4, 0.5) is 0 Å². The van der Waals surface area contributed by atoms with Gasteiger partial charge >= 0.3 is 0 Å². The van der Waals surface area contributed by atoms with Gasteiger partial charge in [0.15, 0.2) is 9.84 Å². The van der Waals surface area contributed by atoms with Crippen LogP contribution in [-0.4, -0.2) is 44.5 Å². The van der Waals surface area contributed by atoms with Gasteiger partial charge < -0.3 is 10.6 Å². The van der Waals surface area contributed by atoms with Crippen LogP contribution in [0.25, 0.3) is 0 Å². The van der Waals surface area contributed by atoms with E-state index in [9.17, 15) is 13.2 Å². The minimum Gasteiger partial charge on any atom is -0.351 e. The maximum Gasteiger partial charge on any atom is 0.237 e. The zero-order valence-electron chi connectivity index (χ0n) is 10.8. The number of rotatable bonds is 2. The van der Waals surface area contributed by atoms with Crippen molar-refractivity contribution in [3.05, 3.63) is 0 Å². The van der Waals surface area contributed by atoms with Crippen molar-refractivity contribution < 1.29 is 13.2 Å². The Morgan fingerprint density at radius 1 is 1.33 bits per heavy atom. The minimum absolute atomic E-state index is 0.0383. The second-order valence-electron chi connectivity index (χ2n) is 5.60. The number of carbonyl (C=O) groups is 1. The fourth-order valence-corrected chi connectivity index (χ4v) is 4.38. The van der Waals surface area contributed by atoms with E-state index in [1.165, 1.54) is 0 Å². The maximum atomic E-state index is 12.1. The van der Waals surface area contributed by atoms with Gasteiger partial charge in [0.05, 0.1) is 17.5 Å². The number of sulfone groups is 1. The molecule has 1 amide bonds. The van der Waals surface area contributed by atoms with Gasteiger partial charge in [0.25, 0.3) is 0 Å². The summed E-state index contributed by atoms with van der Waals surface area (Å²) in [5, 5.41) is 6.08. The quantitative estimate of drug-likeness (QED) is 0.747. The molecule has 2 fully saturated rings. The van der Waals surface area contributed by atoms with Gasteiger partial charge in [-0.15, -0.1) is 0 Å². The van der Waals surface area contributed by atoms with Crippen LogP contribution >= 0.6 is 0 Å². The van der Waals surface area contributed by atoms with Crippen molar-refractivity contribution in [2.75, 3.05) is 18.1 Å². The zero-order chi connectivity index (χ0) is 13.2. The van der Waals surface area contributed by atoms with Crippen LogP contribution in [0.2, 0.25) is 0 Å². The van der Waals surface area contributed by atoms with Gasteiger partial charge in [0, 0.05) is 6.04 Å². The van der Waals surface area contributed by atoms with Crippen LogP contribution in [0.3, 0.4) is 0 Å². The summed E-state index contributed by atoms with van der Waals surface area (Å²) in [7, 11) is -2.95. The summed E-state index contributed by atoms with van der Waals surface area (Å²) in [6.07, 6.45) is 3.36. The Labute approximate surface area is 109 Å². The molecule has 0 radical (unpaired) electrons. The summed E-state index contributed by atoms with van der Waals surface area (Å²) in [6, 6.07) is -0.353. The van der Waals surface area contributed by atoms with Crippen LogP contribution < -0.4 is 10.6 Å². The van der Waals surface area contributed by atoms with Crippen molar-refractivity contribution in [1.29, 1.82) is 0 Å². The van der Waals surface area contributed by atoms with Gasteiger partial charge in [-0.2, -0.15) is 0 Å². The molecular formula is C12H22N2O3S. The largest absolute Gasteiger partial charge is 0.351 e. The van der Waals surface area contributed by atoms with Gasteiger partial charge in [-0.25, -0.2) is 8.42 Å². The van der Waals surface area contributed by atoms with Gasteiger partial charge in [-0.3, -0.25) is 4.79 Å². The molecule has 2 heterocycles. The highest BCUT2D eigenvalue weighted by Gasteiger charge is 2.29. The second kappa shape index (κ2) is 5.57. The summed E-state index contributed by atoms with van der Waals surface area (Å²) in [4.78, 5) is 12.1. The number of nitrogens with one attached hydrogen (secondary N) is 2. The first-order chi connectivity index (χ1) is 8.46. The summed E-state index contributed by atoms with van der Waals surface area (Å²) in [5.41, 5.74) is 0. The monoisotopic (exact) mass is 274 g/mol. The van der Waals surface area contributed by atoms with E-state index in [0.29, 0.717) is 12.3 Å². The Balaban J connectivity index is 1.87. The van der Waals surface area contributed by atoms with E-state index in [1.807, 2.05) is 0 Å². The smallest absolute Gasteiger partial charge is 0.237 e. The Morgan fingerprint density at radius 2 is 2.11 bits per heavy atom. The second-order valence-corrected chi connectivity index (χ2v) is 7.83. The normalized spacial score (nSPS) is 35.9. The first kappa shape index (κ1) is 13.8.